The zero-order valence-corrected chi connectivity index (χ0v) is 10.3. The number of amides is 1. The summed E-state index contributed by atoms with van der Waals surface area (Å²) in [5, 5.41) is 8.89. The molecule has 0 saturated carbocycles. The van der Waals surface area contributed by atoms with Crippen molar-refractivity contribution < 1.29 is 9.90 Å². The van der Waals surface area contributed by atoms with Crippen molar-refractivity contribution >= 4 is 17.2 Å². The van der Waals surface area contributed by atoms with Gasteiger partial charge in [-0.15, -0.1) is 17.9 Å². The van der Waals surface area contributed by atoms with Gasteiger partial charge in [-0.2, -0.15) is 0 Å². The fourth-order valence-corrected chi connectivity index (χ4v) is 2.31. The van der Waals surface area contributed by atoms with Gasteiger partial charge in [0.2, 0.25) is 0 Å². The Balaban J connectivity index is 2.76. The van der Waals surface area contributed by atoms with Gasteiger partial charge < -0.3 is 10.0 Å². The minimum Gasteiger partial charge on any atom is -0.395 e. The molecule has 0 aromatic carbocycles. The molecular formula is C12H17NO2S. The summed E-state index contributed by atoms with van der Waals surface area (Å²) in [5.41, 5.74) is 0. The number of aryl methyl sites for hydroxylation is 1. The number of rotatable bonds is 6. The number of aliphatic hydroxyl groups is 1. The summed E-state index contributed by atoms with van der Waals surface area (Å²) in [7, 11) is 0. The Kier molecular flexibility index (Phi) is 5.22. The van der Waals surface area contributed by atoms with Crippen molar-refractivity contribution in [2.24, 2.45) is 0 Å². The fraction of sp³-hybridized carbons (Fsp3) is 0.417. The number of carbonyl (C=O) groups is 1. The molecule has 3 nitrogen and oxygen atoms in total. The smallest absolute Gasteiger partial charge is 0.264 e. The van der Waals surface area contributed by atoms with Gasteiger partial charge in [0.1, 0.15) is 0 Å². The standard InChI is InChI=1S/C12H17NO2S/c1-3-7-13(8-9-14)12(15)11-6-5-10(4-2)16-11/h3,5-6,14H,1,4,7-9H2,2H3. The van der Waals surface area contributed by atoms with Gasteiger partial charge in [-0.1, -0.05) is 13.0 Å². The molecule has 1 aromatic heterocycles. The van der Waals surface area contributed by atoms with E-state index in [0.29, 0.717) is 13.1 Å². The first-order valence-corrected chi connectivity index (χ1v) is 6.14. The quantitative estimate of drug-likeness (QED) is 0.771. The van der Waals surface area contributed by atoms with E-state index in [4.69, 9.17) is 5.11 Å². The zero-order chi connectivity index (χ0) is 12.0. The largest absolute Gasteiger partial charge is 0.395 e. The molecule has 4 heteroatoms. The summed E-state index contributed by atoms with van der Waals surface area (Å²) in [6.45, 7) is 6.47. The molecule has 1 aromatic rings. The minimum atomic E-state index is -0.0290. The Bertz CT molecular complexity index is 360. The molecule has 0 fully saturated rings. The van der Waals surface area contributed by atoms with Gasteiger partial charge in [0.25, 0.3) is 5.91 Å². The van der Waals surface area contributed by atoms with Crippen LogP contribution in [0.25, 0.3) is 0 Å². The average molecular weight is 239 g/mol. The van der Waals surface area contributed by atoms with Gasteiger partial charge in [0.05, 0.1) is 11.5 Å². The fourth-order valence-electron chi connectivity index (χ4n) is 1.39. The predicted molar refractivity (Wildman–Crippen MR) is 66.9 cm³/mol. The van der Waals surface area contributed by atoms with Crippen molar-refractivity contribution in [1.29, 1.82) is 0 Å². The van der Waals surface area contributed by atoms with Crippen LogP contribution in [-0.2, 0) is 6.42 Å². The van der Waals surface area contributed by atoms with Crippen molar-refractivity contribution in [1.82, 2.24) is 4.90 Å². The first-order valence-electron chi connectivity index (χ1n) is 5.32. The highest BCUT2D eigenvalue weighted by Gasteiger charge is 2.15. The van der Waals surface area contributed by atoms with Crippen molar-refractivity contribution in [3.05, 3.63) is 34.5 Å². The molecule has 88 valence electrons. The van der Waals surface area contributed by atoms with Gasteiger partial charge in [-0.25, -0.2) is 0 Å². The van der Waals surface area contributed by atoms with Crippen LogP contribution in [0, 0.1) is 0 Å². The van der Waals surface area contributed by atoms with Crippen LogP contribution in [0.15, 0.2) is 24.8 Å². The molecule has 0 saturated heterocycles. The molecule has 0 aliphatic rings. The molecule has 1 amide bonds. The van der Waals surface area contributed by atoms with Crippen molar-refractivity contribution in [3.8, 4) is 0 Å². The summed E-state index contributed by atoms with van der Waals surface area (Å²) in [4.78, 5) is 15.6. The second-order valence-corrected chi connectivity index (χ2v) is 4.55. The molecule has 0 spiro atoms. The van der Waals surface area contributed by atoms with Crippen molar-refractivity contribution in [2.75, 3.05) is 19.7 Å². The molecule has 0 aliphatic heterocycles. The zero-order valence-electron chi connectivity index (χ0n) is 9.48. The molecular weight excluding hydrogens is 222 g/mol. The Hall–Kier alpha value is -1.13. The van der Waals surface area contributed by atoms with Crippen LogP contribution in [0.3, 0.4) is 0 Å². The lowest BCUT2D eigenvalue weighted by Gasteiger charge is -2.18. The average Bonchev–Trinajstić information content (AvgIpc) is 2.76. The number of aliphatic hydroxyl groups excluding tert-OH is 1. The normalized spacial score (nSPS) is 10.1. The van der Waals surface area contributed by atoms with Crippen LogP contribution < -0.4 is 0 Å². The third kappa shape index (κ3) is 3.18. The lowest BCUT2D eigenvalue weighted by atomic mass is 10.3. The van der Waals surface area contributed by atoms with Crippen LogP contribution in [-0.4, -0.2) is 35.6 Å². The van der Waals surface area contributed by atoms with Crippen molar-refractivity contribution in [3.63, 3.8) is 0 Å². The summed E-state index contributed by atoms with van der Waals surface area (Å²) in [6.07, 6.45) is 2.61. The third-order valence-electron chi connectivity index (χ3n) is 2.23. The van der Waals surface area contributed by atoms with E-state index in [-0.39, 0.29) is 12.5 Å². The Morgan fingerprint density at radius 2 is 2.38 bits per heavy atom. The van der Waals surface area contributed by atoms with Crippen molar-refractivity contribution in [2.45, 2.75) is 13.3 Å². The maximum absolute atomic E-state index is 12.0. The van der Waals surface area contributed by atoms with E-state index in [9.17, 15) is 4.79 Å². The number of nitrogens with zero attached hydrogens (tertiary/aromatic N) is 1. The molecule has 0 aliphatic carbocycles. The van der Waals surface area contributed by atoms with E-state index in [1.807, 2.05) is 12.1 Å². The molecule has 0 bridgehead atoms. The molecule has 1 heterocycles. The molecule has 0 radical (unpaired) electrons. The van der Waals surface area contributed by atoms with Crippen LogP contribution in [0.5, 0.6) is 0 Å². The van der Waals surface area contributed by atoms with Gasteiger partial charge in [-0.05, 0) is 18.6 Å². The first kappa shape index (κ1) is 12.9. The summed E-state index contributed by atoms with van der Waals surface area (Å²) >= 11 is 1.51. The van der Waals surface area contributed by atoms with E-state index in [1.54, 1.807) is 11.0 Å². The van der Waals surface area contributed by atoms with E-state index in [0.717, 1.165) is 11.3 Å². The highest BCUT2D eigenvalue weighted by atomic mass is 32.1. The Morgan fingerprint density at radius 1 is 1.62 bits per heavy atom. The topological polar surface area (TPSA) is 40.5 Å². The molecule has 1 rings (SSSR count). The first-order chi connectivity index (χ1) is 7.72. The van der Waals surface area contributed by atoms with Gasteiger partial charge >= 0.3 is 0 Å². The van der Waals surface area contributed by atoms with E-state index < -0.39 is 0 Å². The second-order valence-electron chi connectivity index (χ2n) is 3.38. The van der Waals surface area contributed by atoms with Gasteiger partial charge in [0, 0.05) is 18.0 Å². The van der Waals surface area contributed by atoms with E-state index in [2.05, 4.69) is 13.5 Å². The van der Waals surface area contributed by atoms with Crippen LogP contribution in [0.4, 0.5) is 0 Å². The van der Waals surface area contributed by atoms with Crippen LogP contribution in [0.2, 0.25) is 0 Å². The van der Waals surface area contributed by atoms with Gasteiger partial charge in [-0.3, -0.25) is 4.79 Å². The summed E-state index contributed by atoms with van der Waals surface area (Å²) in [5.74, 6) is -0.0290. The number of carbonyl (C=O) groups excluding carboxylic acids is 1. The Labute approximate surface area is 100 Å². The summed E-state index contributed by atoms with van der Waals surface area (Å²) in [6, 6.07) is 3.82. The highest BCUT2D eigenvalue weighted by molar-refractivity contribution is 7.14. The van der Waals surface area contributed by atoms with E-state index in [1.165, 1.54) is 16.2 Å². The monoisotopic (exact) mass is 239 g/mol. The SMILES string of the molecule is C=CCN(CCO)C(=O)c1ccc(CC)s1. The lowest BCUT2D eigenvalue weighted by Crippen LogP contribution is -2.33. The highest BCUT2D eigenvalue weighted by Crippen LogP contribution is 2.18. The Morgan fingerprint density at radius 3 is 2.88 bits per heavy atom. The third-order valence-corrected chi connectivity index (χ3v) is 3.45. The van der Waals surface area contributed by atoms with E-state index >= 15 is 0 Å². The number of hydrogen-bond acceptors (Lipinski definition) is 3. The van der Waals surface area contributed by atoms with Crippen LogP contribution in [0.1, 0.15) is 21.5 Å². The second kappa shape index (κ2) is 6.45. The minimum absolute atomic E-state index is 0.0222. The maximum Gasteiger partial charge on any atom is 0.264 e. The molecule has 0 atom stereocenters. The number of hydrogen-bond donors (Lipinski definition) is 1. The predicted octanol–water partition coefficient (Wildman–Crippen LogP) is 1.93. The van der Waals surface area contributed by atoms with Gasteiger partial charge in [0.15, 0.2) is 0 Å². The number of thiophene rings is 1. The maximum atomic E-state index is 12.0. The molecule has 16 heavy (non-hydrogen) atoms. The lowest BCUT2D eigenvalue weighted by molar-refractivity contribution is 0.0747. The van der Waals surface area contributed by atoms with Crippen LogP contribution >= 0.6 is 11.3 Å². The summed E-state index contributed by atoms with van der Waals surface area (Å²) < 4.78 is 0. The molecule has 1 N–H and O–H groups in total. The molecule has 0 unspecified atom stereocenters.